The van der Waals surface area contributed by atoms with Crippen LogP contribution in [-0.2, 0) is 9.59 Å². The molecule has 1 fully saturated rings. The van der Waals surface area contributed by atoms with Gasteiger partial charge in [0, 0.05) is 11.6 Å². The molecule has 0 radical (unpaired) electrons. The van der Waals surface area contributed by atoms with E-state index >= 15 is 0 Å². The summed E-state index contributed by atoms with van der Waals surface area (Å²) in [6.45, 7) is 3.83. The highest BCUT2D eigenvalue weighted by Crippen LogP contribution is 2.28. The van der Waals surface area contributed by atoms with Crippen molar-refractivity contribution in [1.29, 1.82) is 0 Å². The zero-order valence-electron chi connectivity index (χ0n) is 14.2. The molecule has 0 bridgehead atoms. The van der Waals surface area contributed by atoms with E-state index in [-0.39, 0.29) is 23.8 Å². The van der Waals surface area contributed by atoms with Crippen LogP contribution >= 0.6 is 0 Å². The summed E-state index contributed by atoms with van der Waals surface area (Å²) in [6, 6.07) is 8.75. The zero-order valence-corrected chi connectivity index (χ0v) is 14.2. The molecule has 3 rings (SSSR count). The number of rotatable bonds is 6. The number of carbonyl (C=O) groups is 2. The van der Waals surface area contributed by atoms with Gasteiger partial charge in [-0.2, -0.15) is 4.80 Å². The van der Waals surface area contributed by atoms with Crippen molar-refractivity contribution in [2.24, 2.45) is 11.8 Å². The minimum absolute atomic E-state index is 0.0341. The summed E-state index contributed by atoms with van der Waals surface area (Å²) in [5.74, 6) is -0.948. The van der Waals surface area contributed by atoms with Gasteiger partial charge in [-0.15, -0.1) is 10.2 Å². The number of tetrazole rings is 1. The summed E-state index contributed by atoms with van der Waals surface area (Å²) < 4.78 is 0. The van der Waals surface area contributed by atoms with Gasteiger partial charge in [-0.3, -0.25) is 9.59 Å². The molecule has 8 nitrogen and oxygen atoms in total. The van der Waals surface area contributed by atoms with Gasteiger partial charge in [0.1, 0.15) is 0 Å². The second-order valence-electron chi connectivity index (χ2n) is 6.70. The molecule has 1 amide bonds. The van der Waals surface area contributed by atoms with Crippen LogP contribution in [0.3, 0.4) is 0 Å². The number of nitrogens with one attached hydrogen (secondary N) is 1. The van der Waals surface area contributed by atoms with Crippen molar-refractivity contribution >= 4 is 11.9 Å². The molecule has 1 saturated carbocycles. The van der Waals surface area contributed by atoms with Crippen LogP contribution in [0.15, 0.2) is 30.3 Å². The summed E-state index contributed by atoms with van der Waals surface area (Å²) in [7, 11) is 0. The Balaban J connectivity index is 1.70. The number of hydrogen-bond acceptors (Lipinski definition) is 5. The maximum Gasteiger partial charge on any atom is 0.306 e. The van der Waals surface area contributed by atoms with Gasteiger partial charge in [0.05, 0.1) is 5.92 Å². The van der Waals surface area contributed by atoms with Crippen LogP contribution in [0.1, 0.15) is 32.7 Å². The number of carboxylic acids is 1. The number of hydrogen-bond donors (Lipinski definition) is 2. The second kappa shape index (κ2) is 7.00. The Morgan fingerprint density at radius 1 is 1.24 bits per heavy atom. The van der Waals surface area contributed by atoms with E-state index in [1.54, 1.807) is 0 Å². The molecule has 0 saturated heterocycles. The van der Waals surface area contributed by atoms with Crippen LogP contribution < -0.4 is 5.32 Å². The van der Waals surface area contributed by atoms with Gasteiger partial charge in [-0.05, 0) is 24.0 Å². The Bertz CT molecular complexity index is 753. The van der Waals surface area contributed by atoms with E-state index in [1.165, 1.54) is 4.80 Å². The Kier molecular flexibility index (Phi) is 4.78. The van der Waals surface area contributed by atoms with Crippen molar-refractivity contribution in [3.63, 3.8) is 0 Å². The lowest BCUT2D eigenvalue weighted by molar-refractivity contribution is -0.146. The van der Waals surface area contributed by atoms with Crippen molar-refractivity contribution in [3.8, 4) is 11.4 Å². The largest absolute Gasteiger partial charge is 0.481 e. The molecular formula is C17H21N5O3. The van der Waals surface area contributed by atoms with Crippen molar-refractivity contribution < 1.29 is 14.7 Å². The van der Waals surface area contributed by atoms with E-state index in [1.807, 2.05) is 44.2 Å². The molecule has 0 spiro atoms. The predicted molar refractivity (Wildman–Crippen MR) is 89.4 cm³/mol. The third-order valence-electron chi connectivity index (χ3n) is 4.44. The summed E-state index contributed by atoms with van der Waals surface area (Å²) in [6.07, 6.45) is 0.928. The lowest BCUT2D eigenvalue weighted by Gasteiger charge is -2.34. The molecule has 2 aromatic rings. The minimum atomic E-state index is -0.809. The van der Waals surface area contributed by atoms with Gasteiger partial charge in [0.2, 0.25) is 11.7 Å². The molecule has 1 aromatic heterocycles. The molecule has 1 aromatic carbocycles. The van der Waals surface area contributed by atoms with E-state index < -0.39 is 12.0 Å². The molecular weight excluding hydrogens is 322 g/mol. The number of carbonyl (C=O) groups excluding carboxylic acids is 1. The summed E-state index contributed by atoms with van der Waals surface area (Å²) >= 11 is 0. The first-order chi connectivity index (χ1) is 12.0. The fourth-order valence-corrected chi connectivity index (χ4v) is 2.94. The highest BCUT2D eigenvalue weighted by molar-refractivity contribution is 5.81. The van der Waals surface area contributed by atoms with Crippen LogP contribution in [0, 0.1) is 11.8 Å². The van der Waals surface area contributed by atoms with Crippen molar-refractivity contribution in [2.45, 2.75) is 38.8 Å². The number of benzene rings is 1. The Morgan fingerprint density at radius 2 is 1.92 bits per heavy atom. The Hall–Kier alpha value is -2.77. The first-order valence-electron chi connectivity index (χ1n) is 8.34. The van der Waals surface area contributed by atoms with Crippen LogP contribution in [0.5, 0.6) is 0 Å². The smallest absolute Gasteiger partial charge is 0.306 e. The molecule has 1 heterocycles. The molecule has 2 N–H and O–H groups in total. The third-order valence-corrected chi connectivity index (χ3v) is 4.44. The SMILES string of the molecule is CC(C)C(C(=O)NC1CC(C(=O)O)C1)n1nnc(-c2ccccc2)n1. The lowest BCUT2D eigenvalue weighted by Crippen LogP contribution is -2.49. The molecule has 1 atom stereocenters. The van der Waals surface area contributed by atoms with Gasteiger partial charge in [0.15, 0.2) is 6.04 Å². The molecule has 1 aliphatic rings. The fraction of sp³-hybridized carbons (Fsp3) is 0.471. The normalized spacial score (nSPS) is 20.8. The number of aliphatic carboxylic acids is 1. The van der Waals surface area contributed by atoms with Crippen molar-refractivity contribution in [3.05, 3.63) is 30.3 Å². The standard InChI is InChI=1S/C17H21N5O3/c1-10(2)14(16(23)18-13-8-12(9-13)17(24)25)22-20-15(19-21-22)11-6-4-3-5-7-11/h3-7,10,12-14H,8-9H2,1-2H3,(H,18,23)(H,24,25). The van der Waals surface area contributed by atoms with Crippen LogP contribution in [0.25, 0.3) is 11.4 Å². The van der Waals surface area contributed by atoms with E-state index in [2.05, 4.69) is 20.7 Å². The van der Waals surface area contributed by atoms with E-state index in [4.69, 9.17) is 5.11 Å². The summed E-state index contributed by atoms with van der Waals surface area (Å²) in [5.41, 5.74) is 0.833. The van der Waals surface area contributed by atoms with Crippen molar-refractivity contribution in [1.82, 2.24) is 25.5 Å². The molecule has 25 heavy (non-hydrogen) atoms. The quantitative estimate of drug-likeness (QED) is 0.823. The van der Waals surface area contributed by atoms with Gasteiger partial charge in [0.25, 0.3) is 0 Å². The average molecular weight is 343 g/mol. The lowest BCUT2D eigenvalue weighted by atomic mass is 9.80. The van der Waals surface area contributed by atoms with E-state index in [9.17, 15) is 9.59 Å². The molecule has 132 valence electrons. The third kappa shape index (κ3) is 3.67. The zero-order chi connectivity index (χ0) is 18.0. The van der Waals surface area contributed by atoms with Gasteiger partial charge in [-0.1, -0.05) is 44.2 Å². The van der Waals surface area contributed by atoms with Gasteiger partial charge in [-0.25, -0.2) is 0 Å². The summed E-state index contributed by atoms with van der Waals surface area (Å²) in [5, 5.41) is 24.3. The van der Waals surface area contributed by atoms with E-state index in [0.717, 1.165) is 5.56 Å². The monoisotopic (exact) mass is 343 g/mol. The maximum atomic E-state index is 12.6. The van der Waals surface area contributed by atoms with Gasteiger partial charge >= 0.3 is 5.97 Å². The summed E-state index contributed by atoms with van der Waals surface area (Å²) in [4.78, 5) is 24.8. The first-order valence-corrected chi connectivity index (χ1v) is 8.34. The van der Waals surface area contributed by atoms with Crippen LogP contribution in [0.2, 0.25) is 0 Å². The topological polar surface area (TPSA) is 110 Å². The van der Waals surface area contributed by atoms with Crippen LogP contribution in [0.4, 0.5) is 0 Å². The Morgan fingerprint density at radius 3 is 2.52 bits per heavy atom. The number of amides is 1. The average Bonchev–Trinajstić information content (AvgIpc) is 3.00. The second-order valence-corrected chi connectivity index (χ2v) is 6.70. The van der Waals surface area contributed by atoms with Crippen LogP contribution in [-0.4, -0.2) is 43.2 Å². The number of aromatic nitrogens is 4. The number of nitrogens with zero attached hydrogens (tertiary/aromatic N) is 4. The molecule has 0 aliphatic heterocycles. The Labute approximate surface area is 145 Å². The maximum absolute atomic E-state index is 12.6. The van der Waals surface area contributed by atoms with E-state index in [0.29, 0.717) is 18.7 Å². The van der Waals surface area contributed by atoms with Gasteiger partial charge < -0.3 is 10.4 Å². The van der Waals surface area contributed by atoms with Crippen molar-refractivity contribution in [2.75, 3.05) is 0 Å². The fourth-order valence-electron chi connectivity index (χ4n) is 2.94. The molecule has 1 unspecified atom stereocenters. The number of carboxylic acid groups (broad SMARTS) is 1. The predicted octanol–water partition coefficient (Wildman–Crippen LogP) is 1.52. The highest BCUT2D eigenvalue weighted by Gasteiger charge is 2.37. The first kappa shape index (κ1) is 17.1. The highest BCUT2D eigenvalue weighted by atomic mass is 16.4. The molecule has 8 heteroatoms. The molecule has 1 aliphatic carbocycles. The minimum Gasteiger partial charge on any atom is -0.481 e.